The topological polar surface area (TPSA) is 64.4 Å². The summed E-state index contributed by atoms with van der Waals surface area (Å²) in [6.45, 7) is 3.02. The van der Waals surface area contributed by atoms with Crippen molar-refractivity contribution in [1.82, 2.24) is 14.5 Å². The number of nitrogens with zero attached hydrogens (tertiary/aromatic N) is 3. The average Bonchev–Trinajstić information content (AvgIpc) is 2.74. The predicted octanol–water partition coefficient (Wildman–Crippen LogP) is 3.44. The van der Waals surface area contributed by atoms with Crippen LogP contribution in [0.2, 0.25) is 0 Å². The Morgan fingerprint density at radius 3 is 2.68 bits per heavy atom. The zero-order chi connectivity index (χ0) is 20.1. The van der Waals surface area contributed by atoms with Gasteiger partial charge in [-0.3, -0.25) is 14.2 Å². The van der Waals surface area contributed by atoms with Crippen LogP contribution < -0.4 is 5.56 Å². The number of fused-ring (bicyclic) bond motifs is 1. The summed E-state index contributed by atoms with van der Waals surface area (Å²) in [7, 11) is 3.40. The van der Waals surface area contributed by atoms with Gasteiger partial charge in [0.25, 0.3) is 5.56 Å². The molecular formula is C22H31N3O3. The van der Waals surface area contributed by atoms with Gasteiger partial charge in [-0.25, -0.2) is 4.98 Å². The molecule has 0 radical (unpaired) electrons. The summed E-state index contributed by atoms with van der Waals surface area (Å²) in [5.41, 5.74) is 0.603. The first-order valence-corrected chi connectivity index (χ1v) is 10.3. The van der Waals surface area contributed by atoms with E-state index in [9.17, 15) is 9.59 Å². The maximum atomic E-state index is 13.4. The summed E-state index contributed by atoms with van der Waals surface area (Å²) in [5.74, 6) is 0.884. The van der Waals surface area contributed by atoms with Crippen LogP contribution in [-0.4, -0.2) is 40.6 Å². The van der Waals surface area contributed by atoms with Gasteiger partial charge in [0.1, 0.15) is 5.82 Å². The number of ether oxygens (including phenoxy) is 1. The maximum absolute atomic E-state index is 13.4. The maximum Gasteiger partial charge on any atom is 0.261 e. The third kappa shape index (κ3) is 4.12. The number of aromatic nitrogens is 2. The minimum Gasteiger partial charge on any atom is -0.383 e. The largest absolute Gasteiger partial charge is 0.383 e. The fourth-order valence-electron chi connectivity index (χ4n) is 4.27. The van der Waals surface area contributed by atoms with Crippen molar-refractivity contribution in [1.29, 1.82) is 0 Å². The van der Waals surface area contributed by atoms with Crippen molar-refractivity contribution in [2.45, 2.75) is 51.5 Å². The average molecular weight is 386 g/mol. The summed E-state index contributed by atoms with van der Waals surface area (Å²) >= 11 is 0. The lowest BCUT2D eigenvalue weighted by molar-refractivity contribution is -0.140. The Hall–Kier alpha value is -2.21. The van der Waals surface area contributed by atoms with Gasteiger partial charge in [-0.15, -0.1) is 0 Å². The minimum atomic E-state index is -0.244. The van der Waals surface area contributed by atoms with Crippen LogP contribution in [0, 0.1) is 5.92 Å². The lowest BCUT2D eigenvalue weighted by Gasteiger charge is -2.35. The first kappa shape index (κ1) is 20.5. The summed E-state index contributed by atoms with van der Waals surface area (Å²) < 4.78 is 6.88. The molecule has 3 rings (SSSR count). The molecule has 1 fully saturated rings. The van der Waals surface area contributed by atoms with Crippen LogP contribution in [0.5, 0.6) is 0 Å². The highest BCUT2D eigenvalue weighted by Crippen LogP contribution is 2.30. The van der Waals surface area contributed by atoms with Gasteiger partial charge >= 0.3 is 0 Å². The third-order valence-corrected chi connectivity index (χ3v) is 5.85. The molecule has 0 aliphatic heterocycles. The van der Waals surface area contributed by atoms with Crippen LogP contribution in [0.15, 0.2) is 29.1 Å². The van der Waals surface area contributed by atoms with E-state index in [0.717, 1.165) is 25.7 Å². The standard InChI is InChI=1S/C22H31N3O3/c1-4-19(20-23-18-13-9-8-12-17(18)22(27)24(20)2)25(14-15-28-3)21(26)16-10-6-5-7-11-16/h8-9,12-13,16,19H,4-7,10-11,14-15H2,1-3H3. The number of carbonyl (C=O) groups is 1. The number of hydrogen-bond acceptors (Lipinski definition) is 4. The van der Waals surface area contributed by atoms with E-state index in [1.54, 1.807) is 24.8 Å². The fraction of sp³-hybridized carbons (Fsp3) is 0.591. The van der Waals surface area contributed by atoms with E-state index in [1.807, 2.05) is 30.0 Å². The summed E-state index contributed by atoms with van der Waals surface area (Å²) in [4.78, 5) is 33.0. The molecular weight excluding hydrogens is 354 g/mol. The van der Waals surface area contributed by atoms with E-state index in [2.05, 4.69) is 0 Å². The fourth-order valence-corrected chi connectivity index (χ4v) is 4.27. The smallest absolute Gasteiger partial charge is 0.261 e. The van der Waals surface area contributed by atoms with Gasteiger partial charge in [0, 0.05) is 26.6 Å². The second-order valence-corrected chi connectivity index (χ2v) is 7.63. The van der Waals surface area contributed by atoms with Crippen molar-refractivity contribution >= 4 is 16.8 Å². The predicted molar refractivity (Wildman–Crippen MR) is 110 cm³/mol. The first-order valence-electron chi connectivity index (χ1n) is 10.3. The van der Waals surface area contributed by atoms with Crippen LogP contribution in [0.3, 0.4) is 0 Å². The number of benzene rings is 1. The van der Waals surface area contributed by atoms with Crippen LogP contribution in [0.1, 0.15) is 57.3 Å². The van der Waals surface area contributed by atoms with Gasteiger partial charge in [-0.1, -0.05) is 38.3 Å². The van der Waals surface area contributed by atoms with E-state index >= 15 is 0 Å². The van der Waals surface area contributed by atoms with E-state index in [1.165, 1.54) is 6.42 Å². The molecule has 1 aliphatic rings. The highest BCUT2D eigenvalue weighted by Gasteiger charge is 2.32. The molecule has 1 amide bonds. The monoisotopic (exact) mass is 385 g/mol. The number of carbonyl (C=O) groups excluding carboxylic acids is 1. The quantitative estimate of drug-likeness (QED) is 0.732. The minimum absolute atomic E-state index is 0.0668. The number of methoxy groups -OCH3 is 1. The zero-order valence-electron chi connectivity index (χ0n) is 17.2. The molecule has 152 valence electrons. The molecule has 2 aromatic rings. The molecule has 0 N–H and O–H groups in total. The Labute approximate surface area is 166 Å². The summed E-state index contributed by atoms with van der Waals surface area (Å²) in [6.07, 6.45) is 6.02. The highest BCUT2D eigenvalue weighted by molar-refractivity contribution is 5.80. The van der Waals surface area contributed by atoms with E-state index in [0.29, 0.717) is 36.3 Å². The van der Waals surface area contributed by atoms with Gasteiger partial charge in [0.15, 0.2) is 0 Å². The molecule has 0 spiro atoms. The zero-order valence-corrected chi connectivity index (χ0v) is 17.2. The van der Waals surface area contributed by atoms with Crippen LogP contribution in [0.4, 0.5) is 0 Å². The SMILES string of the molecule is CCC(c1nc2ccccc2c(=O)n1C)N(CCOC)C(=O)C1CCCCC1. The van der Waals surface area contributed by atoms with E-state index < -0.39 is 0 Å². The lowest BCUT2D eigenvalue weighted by atomic mass is 9.87. The Kier molecular flexibility index (Phi) is 6.83. The third-order valence-electron chi connectivity index (χ3n) is 5.85. The molecule has 1 aliphatic carbocycles. The Bertz CT molecular complexity index is 871. The molecule has 1 saturated carbocycles. The van der Waals surface area contributed by atoms with E-state index in [4.69, 9.17) is 9.72 Å². The van der Waals surface area contributed by atoms with Crippen molar-refractivity contribution in [3.63, 3.8) is 0 Å². The molecule has 0 saturated heterocycles. The highest BCUT2D eigenvalue weighted by atomic mass is 16.5. The van der Waals surface area contributed by atoms with Crippen molar-refractivity contribution in [3.05, 3.63) is 40.4 Å². The van der Waals surface area contributed by atoms with Gasteiger partial charge < -0.3 is 9.64 Å². The molecule has 6 heteroatoms. The second kappa shape index (κ2) is 9.32. The molecule has 6 nitrogen and oxygen atoms in total. The van der Waals surface area contributed by atoms with Crippen LogP contribution in [-0.2, 0) is 16.6 Å². The summed E-state index contributed by atoms with van der Waals surface area (Å²) in [6, 6.07) is 7.14. The molecule has 0 bridgehead atoms. The molecule has 1 aromatic heterocycles. The lowest BCUT2D eigenvalue weighted by Crippen LogP contribution is -2.43. The second-order valence-electron chi connectivity index (χ2n) is 7.63. The van der Waals surface area contributed by atoms with Crippen LogP contribution >= 0.6 is 0 Å². The number of para-hydroxylation sites is 1. The number of rotatable bonds is 7. The number of amides is 1. The first-order chi connectivity index (χ1) is 13.6. The van der Waals surface area contributed by atoms with Gasteiger partial charge in [-0.05, 0) is 31.4 Å². The molecule has 1 heterocycles. The normalized spacial score (nSPS) is 16.2. The van der Waals surface area contributed by atoms with Crippen molar-refractivity contribution in [3.8, 4) is 0 Å². The van der Waals surface area contributed by atoms with E-state index in [-0.39, 0.29) is 23.4 Å². The Morgan fingerprint density at radius 2 is 2.00 bits per heavy atom. The van der Waals surface area contributed by atoms with Crippen molar-refractivity contribution in [2.75, 3.05) is 20.3 Å². The van der Waals surface area contributed by atoms with Gasteiger partial charge in [0.05, 0.1) is 23.6 Å². The van der Waals surface area contributed by atoms with Gasteiger partial charge in [-0.2, -0.15) is 0 Å². The van der Waals surface area contributed by atoms with Gasteiger partial charge in [0.2, 0.25) is 5.91 Å². The van der Waals surface area contributed by atoms with Crippen molar-refractivity contribution < 1.29 is 9.53 Å². The summed E-state index contributed by atoms with van der Waals surface area (Å²) in [5, 5.41) is 0.602. The molecule has 28 heavy (non-hydrogen) atoms. The number of hydrogen-bond donors (Lipinski definition) is 0. The van der Waals surface area contributed by atoms with Crippen LogP contribution in [0.25, 0.3) is 10.9 Å². The molecule has 1 atom stereocenters. The molecule has 1 aromatic carbocycles. The molecule has 1 unspecified atom stereocenters. The Balaban J connectivity index is 2.02. The Morgan fingerprint density at radius 1 is 1.29 bits per heavy atom. The van der Waals surface area contributed by atoms with Crippen molar-refractivity contribution in [2.24, 2.45) is 13.0 Å².